The number of phenols is 1. The maximum Gasteiger partial charge on any atom is 0.119 e. The molecular formula is C26H28O. The SMILES string of the molecule is Oc1cc(C2CCCCC2)c(Cc2ccccc2)cc1Cc1ccccc1. The van der Waals surface area contributed by atoms with Crippen molar-refractivity contribution in [1.82, 2.24) is 0 Å². The zero-order valence-corrected chi connectivity index (χ0v) is 15.9. The van der Waals surface area contributed by atoms with Gasteiger partial charge in [-0.2, -0.15) is 0 Å². The van der Waals surface area contributed by atoms with E-state index >= 15 is 0 Å². The fourth-order valence-corrected chi connectivity index (χ4v) is 4.42. The zero-order valence-electron chi connectivity index (χ0n) is 15.9. The lowest BCUT2D eigenvalue weighted by molar-refractivity contribution is 0.435. The zero-order chi connectivity index (χ0) is 18.5. The first-order valence-corrected chi connectivity index (χ1v) is 10.2. The van der Waals surface area contributed by atoms with Gasteiger partial charge in [0, 0.05) is 6.42 Å². The van der Waals surface area contributed by atoms with Gasteiger partial charge in [0.25, 0.3) is 0 Å². The third-order valence-electron chi connectivity index (χ3n) is 5.86. The average molecular weight is 357 g/mol. The van der Waals surface area contributed by atoms with Crippen molar-refractivity contribution in [3.63, 3.8) is 0 Å². The number of phenolic OH excluding ortho intramolecular Hbond substituents is 1. The van der Waals surface area contributed by atoms with Gasteiger partial charge in [0.15, 0.2) is 0 Å². The van der Waals surface area contributed by atoms with Crippen LogP contribution in [0, 0.1) is 0 Å². The van der Waals surface area contributed by atoms with Gasteiger partial charge in [-0.1, -0.05) is 86.0 Å². The molecule has 1 fully saturated rings. The topological polar surface area (TPSA) is 20.2 Å². The lowest BCUT2D eigenvalue weighted by Crippen LogP contribution is -2.09. The minimum atomic E-state index is 0.455. The molecule has 27 heavy (non-hydrogen) atoms. The van der Waals surface area contributed by atoms with Crippen LogP contribution in [0.25, 0.3) is 0 Å². The van der Waals surface area contributed by atoms with Crippen LogP contribution in [-0.2, 0) is 12.8 Å². The molecule has 0 atom stereocenters. The maximum absolute atomic E-state index is 10.8. The number of benzene rings is 3. The van der Waals surface area contributed by atoms with Crippen LogP contribution in [0.15, 0.2) is 72.8 Å². The van der Waals surface area contributed by atoms with E-state index in [9.17, 15) is 5.11 Å². The van der Waals surface area contributed by atoms with E-state index in [1.54, 1.807) is 0 Å². The van der Waals surface area contributed by atoms with Crippen molar-refractivity contribution < 1.29 is 5.11 Å². The summed E-state index contributed by atoms with van der Waals surface area (Å²) in [5.41, 5.74) is 6.37. The van der Waals surface area contributed by atoms with Crippen LogP contribution in [0.3, 0.4) is 0 Å². The summed E-state index contributed by atoms with van der Waals surface area (Å²) in [6.07, 6.45) is 8.18. The summed E-state index contributed by atoms with van der Waals surface area (Å²) in [6, 6.07) is 25.5. The molecule has 0 unspecified atom stereocenters. The van der Waals surface area contributed by atoms with Crippen LogP contribution in [-0.4, -0.2) is 5.11 Å². The summed E-state index contributed by atoms with van der Waals surface area (Å²) in [5.74, 6) is 1.05. The molecule has 0 saturated heterocycles. The molecule has 1 nitrogen and oxygen atoms in total. The highest BCUT2D eigenvalue weighted by Crippen LogP contribution is 2.38. The highest BCUT2D eigenvalue weighted by atomic mass is 16.3. The van der Waals surface area contributed by atoms with Crippen molar-refractivity contribution in [3.05, 3.63) is 101 Å². The third-order valence-corrected chi connectivity index (χ3v) is 5.86. The minimum absolute atomic E-state index is 0.455. The van der Waals surface area contributed by atoms with Gasteiger partial charge in [0.05, 0.1) is 0 Å². The molecule has 0 aromatic heterocycles. The van der Waals surface area contributed by atoms with E-state index in [0.29, 0.717) is 11.7 Å². The predicted molar refractivity (Wildman–Crippen MR) is 112 cm³/mol. The van der Waals surface area contributed by atoms with E-state index < -0.39 is 0 Å². The fraction of sp³-hybridized carbons (Fsp3) is 0.308. The second-order valence-electron chi connectivity index (χ2n) is 7.84. The van der Waals surface area contributed by atoms with Gasteiger partial charge in [0.2, 0.25) is 0 Å². The number of hydrogen-bond acceptors (Lipinski definition) is 1. The molecular weight excluding hydrogens is 328 g/mol. The Bertz CT molecular complexity index is 861. The quantitative estimate of drug-likeness (QED) is 0.544. The van der Waals surface area contributed by atoms with Gasteiger partial charge >= 0.3 is 0 Å². The van der Waals surface area contributed by atoms with Gasteiger partial charge < -0.3 is 5.11 Å². The van der Waals surface area contributed by atoms with Crippen LogP contribution in [0.1, 0.15) is 65.8 Å². The Hall–Kier alpha value is -2.54. The Morgan fingerprint density at radius 1 is 0.667 bits per heavy atom. The molecule has 1 N–H and O–H groups in total. The molecule has 3 aromatic carbocycles. The molecule has 0 heterocycles. The highest BCUT2D eigenvalue weighted by Gasteiger charge is 2.20. The smallest absolute Gasteiger partial charge is 0.119 e. The third kappa shape index (κ3) is 4.42. The van der Waals surface area contributed by atoms with Gasteiger partial charge in [-0.25, -0.2) is 0 Å². The molecule has 4 rings (SSSR count). The first-order chi connectivity index (χ1) is 13.3. The molecule has 1 aliphatic rings. The lowest BCUT2D eigenvalue weighted by Gasteiger charge is -2.25. The van der Waals surface area contributed by atoms with E-state index in [1.165, 1.54) is 54.4 Å². The molecule has 0 bridgehead atoms. The Morgan fingerprint density at radius 2 is 1.22 bits per heavy atom. The summed E-state index contributed by atoms with van der Waals surface area (Å²) >= 11 is 0. The fourth-order valence-electron chi connectivity index (χ4n) is 4.42. The second kappa shape index (κ2) is 8.43. The molecule has 0 radical (unpaired) electrons. The molecule has 1 aliphatic carbocycles. The summed E-state index contributed by atoms with van der Waals surface area (Å²) < 4.78 is 0. The first-order valence-electron chi connectivity index (χ1n) is 10.2. The Kier molecular flexibility index (Phi) is 5.58. The summed E-state index contributed by atoms with van der Waals surface area (Å²) in [6.45, 7) is 0. The maximum atomic E-state index is 10.8. The van der Waals surface area contributed by atoms with Crippen LogP contribution in [0.2, 0.25) is 0 Å². The predicted octanol–water partition coefficient (Wildman–Crippen LogP) is 6.62. The molecule has 0 spiro atoms. The number of rotatable bonds is 5. The van der Waals surface area contributed by atoms with E-state index in [4.69, 9.17) is 0 Å². The van der Waals surface area contributed by atoms with Crippen molar-refractivity contribution in [3.8, 4) is 5.75 Å². The summed E-state index contributed by atoms with van der Waals surface area (Å²) in [4.78, 5) is 0. The number of aromatic hydroxyl groups is 1. The average Bonchev–Trinajstić information content (AvgIpc) is 2.72. The van der Waals surface area contributed by atoms with Crippen LogP contribution < -0.4 is 0 Å². The van der Waals surface area contributed by atoms with Crippen molar-refractivity contribution >= 4 is 0 Å². The van der Waals surface area contributed by atoms with Gasteiger partial charge in [0.1, 0.15) is 5.75 Å². The first kappa shape index (κ1) is 17.9. The van der Waals surface area contributed by atoms with E-state index in [-0.39, 0.29) is 0 Å². The van der Waals surface area contributed by atoms with Crippen LogP contribution >= 0.6 is 0 Å². The number of hydrogen-bond donors (Lipinski definition) is 1. The van der Waals surface area contributed by atoms with E-state index in [0.717, 1.165) is 18.4 Å². The van der Waals surface area contributed by atoms with Crippen molar-refractivity contribution in [1.29, 1.82) is 0 Å². The molecule has 138 valence electrons. The molecule has 1 saturated carbocycles. The van der Waals surface area contributed by atoms with Crippen LogP contribution in [0.4, 0.5) is 0 Å². The molecule has 0 aliphatic heterocycles. The lowest BCUT2D eigenvalue weighted by atomic mass is 9.80. The highest BCUT2D eigenvalue weighted by molar-refractivity contribution is 5.47. The van der Waals surface area contributed by atoms with Crippen molar-refractivity contribution in [2.45, 2.75) is 50.9 Å². The van der Waals surface area contributed by atoms with Crippen molar-refractivity contribution in [2.24, 2.45) is 0 Å². The van der Waals surface area contributed by atoms with Crippen LogP contribution in [0.5, 0.6) is 5.75 Å². The Labute approximate surface area is 162 Å². The van der Waals surface area contributed by atoms with Gasteiger partial charge in [-0.05, 0) is 59.1 Å². The minimum Gasteiger partial charge on any atom is -0.508 e. The molecule has 1 heteroatoms. The van der Waals surface area contributed by atoms with Gasteiger partial charge in [-0.3, -0.25) is 0 Å². The second-order valence-corrected chi connectivity index (χ2v) is 7.84. The van der Waals surface area contributed by atoms with E-state index in [2.05, 4.69) is 66.7 Å². The monoisotopic (exact) mass is 356 g/mol. The van der Waals surface area contributed by atoms with Crippen molar-refractivity contribution in [2.75, 3.05) is 0 Å². The summed E-state index contributed by atoms with van der Waals surface area (Å²) in [5, 5.41) is 10.8. The molecule has 3 aromatic rings. The standard InChI is InChI=1S/C26H28O/c27-26-19-25(22-14-8-3-9-15-22)23(16-20-10-4-1-5-11-20)18-24(26)17-21-12-6-2-7-13-21/h1-2,4-7,10-13,18-19,22,27H,3,8-9,14-17H2. The molecule has 0 amide bonds. The normalized spacial score (nSPS) is 15.0. The Morgan fingerprint density at radius 3 is 1.81 bits per heavy atom. The largest absolute Gasteiger partial charge is 0.508 e. The summed E-state index contributed by atoms with van der Waals surface area (Å²) in [7, 11) is 0. The van der Waals surface area contributed by atoms with Gasteiger partial charge in [-0.15, -0.1) is 0 Å². The van der Waals surface area contributed by atoms with E-state index in [1.807, 2.05) is 6.07 Å². The Balaban J connectivity index is 1.70.